The van der Waals surface area contributed by atoms with E-state index in [-0.39, 0.29) is 16.7 Å². The van der Waals surface area contributed by atoms with E-state index in [0.717, 1.165) is 5.69 Å². The number of rotatable bonds is 8. The van der Waals surface area contributed by atoms with Crippen LogP contribution >= 0.6 is 11.8 Å². The topological polar surface area (TPSA) is 88.9 Å². The fraction of sp³-hybridized carbons (Fsp3) is 0.273. The first-order valence-electron chi connectivity index (χ1n) is 9.88. The van der Waals surface area contributed by atoms with Crippen LogP contribution in [0.4, 0.5) is 10.1 Å². The molecule has 0 aliphatic carbocycles. The zero-order chi connectivity index (χ0) is 22.4. The Morgan fingerprint density at radius 1 is 1.10 bits per heavy atom. The van der Waals surface area contributed by atoms with E-state index in [0.29, 0.717) is 17.4 Å². The maximum atomic E-state index is 13.9. The molecule has 0 aliphatic heterocycles. The number of nitrogens with one attached hydrogen (secondary N) is 2. The molecule has 2 amide bonds. The predicted octanol–water partition coefficient (Wildman–Crippen LogP) is 3.95. The molecule has 2 atom stereocenters. The maximum absolute atomic E-state index is 13.9. The van der Waals surface area contributed by atoms with Crippen LogP contribution in [0.5, 0.6) is 0 Å². The second-order valence-corrected chi connectivity index (χ2v) is 8.11. The van der Waals surface area contributed by atoms with E-state index in [9.17, 15) is 14.0 Å². The minimum Gasteiger partial charge on any atom is -0.342 e. The van der Waals surface area contributed by atoms with Crippen molar-refractivity contribution in [2.45, 2.75) is 36.7 Å². The molecule has 0 unspecified atom stereocenters. The highest BCUT2D eigenvalue weighted by Crippen LogP contribution is 2.26. The summed E-state index contributed by atoms with van der Waals surface area (Å²) in [6, 6.07) is 14.5. The molecule has 2 aromatic carbocycles. The number of anilines is 1. The van der Waals surface area contributed by atoms with Crippen molar-refractivity contribution in [1.82, 2.24) is 20.1 Å². The van der Waals surface area contributed by atoms with Gasteiger partial charge in [-0.25, -0.2) is 4.39 Å². The fourth-order valence-corrected chi connectivity index (χ4v) is 3.91. The van der Waals surface area contributed by atoms with E-state index in [1.165, 1.54) is 30.0 Å². The summed E-state index contributed by atoms with van der Waals surface area (Å²) >= 11 is 1.30. The van der Waals surface area contributed by atoms with Crippen LogP contribution in [0.2, 0.25) is 0 Å². The van der Waals surface area contributed by atoms with Crippen molar-refractivity contribution in [3.63, 3.8) is 0 Å². The molecule has 0 bridgehead atoms. The Balaban J connectivity index is 1.67. The molecule has 7 nitrogen and oxygen atoms in total. The average Bonchev–Trinajstić information content (AvgIpc) is 3.13. The van der Waals surface area contributed by atoms with Gasteiger partial charge in [0.05, 0.1) is 16.9 Å². The van der Waals surface area contributed by atoms with Crippen LogP contribution in [0.15, 0.2) is 59.8 Å². The molecule has 2 N–H and O–H groups in total. The molecule has 1 aromatic heterocycles. The molecular formula is C22H24FN5O2S. The number of benzene rings is 2. The van der Waals surface area contributed by atoms with Gasteiger partial charge in [0, 0.05) is 12.7 Å². The molecule has 0 aliphatic rings. The second-order valence-electron chi connectivity index (χ2n) is 6.94. The van der Waals surface area contributed by atoms with Crippen LogP contribution in [0.1, 0.15) is 42.5 Å². The largest absolute Gasteiger partial charge is 0.342 e. The summed E-state index contributed by atoms with van der Waals surface area (Å²) in [5, 5.41) is 14.2. The van der Waals surface area contributed by atoms with Crippen LogP contribution < -0.4 is 10.6 Å². The Kier molecular flexibility index (Phi) is 7.41. The first kappa shape index (κ1) is 22.5. The molecular weight excluding hydrogens is 417 g/mol. The van der Waals surface area contributed by atoms with Crippen LogP contribution in [-0.4, -0.2) is 31.8 Å². The number of carbonyl (C=O) groups is 2. The minimum absolute atomic E-state index is 0.0326. The van der Waals surface area contributed by atoms with Crippen LogP contribution in [-0.2, 0) is 11.8 Å². The quantitative estimate of drug-likeness (QED) is 0.517. The summed E-state index contributed by atoms with van der Waals surface area (Å²) in [7, 11) is 1.77. The Morgan fingerprint density at radius 3 is 2.45 bits per heavy atom. The van der Waals surface area contributed by atoms with Gasteiger partial charge in [-0.05, 0) is 37.6 Å². The number of para-hydroxylation sites is 1. The minimum atomic E-state index is -0.586. The van der Waals surface area contributed by atoms with Crippen molar-refractivity contribution in [3.8, 4) is 0 Å². The zero-order valence-corrected chi connectivity index (χ0v) is 18.3. The van der Waals surface area contributed by atoms with Gasteiger partial charge in [-0.2, -0.15) is 0 Å². The summed E-state index contributed by atoms with van der Waals surface area (Å²) in [5.74, 6) is -0.734. The molecule has 0 radical (unpaired) electrons. The molecule has 0 fully saturated rings. The van der Waals surface area contributed by atoms with E-state index in [2.05, 4.69) is 20.8 Å². The highest BCUT2D eigenvalue weighted by Gasteiger charge is 2.24. The number of carbonyl (C=O) groups excluding carboxylic acids is 2. The number of amides is 2. The SMILES string of the molecule is CC[C@H](Sc1nnc([C@H](C)NC(=O)c2ccccc2F)n1C)C(=O)Nc1ccccc1. The van der Waals surface area contributed by atoms with Crippen molar-refractivity contribution in [1.29, 1.82) is 0 Å². The predicted molar refractivity (Wildman–Crippen MR) is 118 cm³/mol. The number of halogens is 1. The molecule has 0 spiro atoms. The van der Waals surface area contributed by atoms with Crippen molar-refractivity contribution >= 4 is 29.3 Å². The third kappa shape index (κ3) is 5.49. The van der Waals surface area contributed by atoms with E-state index < -0.39 is 17.8 Å². The van der Waals surface area contributed by atoms with Gasteiger partial charge in [0.1, 0.15) is 5.82 Å². The average molecular weight is 442 g/mol. The molecule has 1 heterocycles. The Bertz CT molecular complexity index is 1060. The van der Waals surface area contributed by atoms with E-state index in [4.69, 9.17) is 0 Å². The highest BCUT2D eigenvalue weighted by molar-refractivity contribution is 8.00. The summed E-state index contributed by atoms with van der Waals surface area (Å²) in [5.41, 5.74) is 0.699. The lowest BCUT2D eigenvalue weighted by Gasteiger charge is -2.16. The van der Waals surface area contributed by atoms with Gasteiger partial charge in [-0.3, -0.25) is 9.59 Å². The van der Waals surface area contributed by atoms with Crippen LogP contribution in [0, 0.1) is 5.82 Å². The highest BCUT2D eigenvalue weighted by atomic mass is 32.2. The summed E-state index contributed by atoms with van der Waals surface area (Å²) in [6.07, 6.45) is 0.602. The van der Waals surface area contributed by atoms with Gasteiger partial charge in [0.2, 0.25) is 5.91 Å². The fourth-order valence-electron chi connectivity index (χ4n) is 2.98. The lowest BCUT2D eigenvalue weighted by atomic mass is 10.2. The van der Waals surface area contributed by atoms with E-state index in [1.54, 1.807) is 24.6 Å². The van der Waals surface area contributed by atoms with E-state index >= 15 is 0 Å². The van der Waals surface area contributed by atoms with Crippen molar-refractivity contribution in [3.05, 3.63) is 71.8 Å². The summed E-state index contributed by atoms with van der Waals surface area (Å²) in [4.78, 5) is 25.0. The number of hydrogen-bond acceptors (Lipinski definition) is 5. The van der Waals surface area contributed by atoms with Crippen LogP contribution in [0.3, 0.4) is 0 Å². The number of hydrogen-bond donors (Lipinski definition) is 2. The summed E-state index contributed by atoms with van der Waals surface area (Å²) < 4.78 is 15.6. The van der Waals surface area contributed by atoms with Gasteiger partial charge in [0.15, 0.2) is 11.0 Å². The molecule has 162 valence electrons. The standard InChI is InChI=1S/C22H24FN5O2S/c1-4-18(21(30)25-15-10-6-5-7-11-15)31-22-27-26-19(28(22)3)14(2)24-20(29)16-12-8-9-13-17(16)23/h5-14,18H,4H2,1-3H3,(H,24,29)(H,25,30)/t14-,18-/m0/s1. The van der Waals surface area contributed by atoms with Gasteiger partial charge >= 0.3 is 0 Å². The third-order valence-electron chi connectivity index (χ3n) is 4.67. The Morgan fingerprint density at radius 2 is 1.77 bits per heavy atom. The second kappa shape index (κ2) is 10.2. The van der Waals surface area contributed by atoms with Gasteiger partial charge in [-0.15, -0.1) is 10.2 Å². The van der Waals surface area contributed by atoms with Gasteiger partial charge in [-0.1, -0.05) is 49.0 Å². The number of aromatic nitrogens is 3. The van der Waals surface area contributed by atoms with Crippen LogP contribution in [0.25, 0.3) is 0 Å². The molecule has 9 heteroatoms. The van der Waals surface area contributed by atoms with Crippen molar-refractivity contribution < 1.29 is 14.0 Å². The normalized spacial score (nSPS) is 12.8. The van der Waals surface area contributed by atoms with Crippen molar-refractivity contribution in [2.24, 2.45) is 7.05 Å². The lowest BCUT2D eigenvalue weighted by Crippen LogP contribution is -2.29. The number of thioether (sulfide) groups is 1. The Labute approximate surface area is 184 Å². The molecule has 31 heavy (non-hydrogen) atoms. The third-order valence-corrected chi connectivity index (χ3v) is 6.07. The first-order chi connectivity index (χ1) is 14.9. The Hall–Kier alpha value is -3.20. The van der Waals surface area contributed by atoms with Gasteiger partial charge < -0.3 is 15.2 Å². The van der Waals surface area contributed by atoms with Gasteiger partial charge in [0.25, 0.3) is 5.91 Å². The maximum Gasteiger partial charge on any atom is 0.254 e. The smallest absolute Gasteiger partial charge is 0.254 e. The summed E-state index contributed by atoms with van der Waals surface area (Å²) in [6.45, 7) is 3.67. The zero-order valence-electron chi connectivity index (χ0n) is 17.5. The molecule has 0 saturated carbocycles. The van der Waals surface area contributed by atoms with Crippen molar-refractivity contribution in [2.75, 3.05) is 5.32 Å². The molecule has 3 rings (SSSR count). The molecule has 0 saturated heterocycles. The first-order valence-corrected chi connectivity index (χ1v) is 10.8. The lowest BCUT2D eigenvalue weighted by molar-refractivity contribution is -0.115. The number of nitrogens with zero attached hydrogens (tertiary/aromatic N) is 3. The van der Waals surface area contributed by atoms with E-state index in [1.807, 2.05) is 37.3 Å². The monoisotopic (exact) mass is 441 g/mol. The molecule has 3 aromatic rings.